The minimum atomic E-state index is -0.258. The summed E-state index contributed by atoms with van der Waals surface area (Å²) in [5.41, 5.74) is 4.90. The molecule has 0 bridgehead atoms. The monoisotopic (exact) mass is 699 g/mol. The summed E-state index contributed by atoms with van der Waals surface area (Å²) in [6.45, 7) is 4.48. The number of fused-ring (bicyclic) bond motifs is 1. The quantitative estimate of drug-likeness (QED) is 0.122. The van der Waals surface area contributed by atoms with Gasteiger partial charge in [0.1, 0.15) is 24.7 Å². The second-order valence-corrected chi connectivity index (χ2v) is 12.5. The van der Waals surface area contributed by atoms with E-state index in [4.69, 9.17) is 30.9 Å². The molecular formula is C39H30ClN5O4S. The highest BCUT2D eigenvalue weighted by Gasteiger charge is 2.14. The number of hydrogen-bond donors (Lipinski definition) is 0. The van der Waals surface area contributed by atoms with E-state index in [1.165, 1.54) is 15.9 Å². The first-order valence-corrected chi connectivity index (χ1v) is 16.8. The highest BCUT2D eigenvalue weighted by molar-refractivity contribution is 7.15. The molecule has 3 aromatic heterocycles. The summed E-state index contributed by atoms with van der Waals surface area (Å²) in [4.78, 5) is 18.6. The van der Waals surface area contributed by atoms with E-state index in [0.717, 1.165) is 39.4 Å². The molecule has 0 fully saturated rings. The van der Waals surface area contributed by atoms with Crippen molar-refractivity contribution in [3.05, 3.63) is 158 Å². The van der Waals surface area contributed by atoms with E-state index in [1.54, 1.807) is 19.3 Å². The topological polar surface area (TPSA) is 92.8 Å². The average molecular weight is 700 g/mol. The second kappa shape index (κ2) is 14.7. The molecule has 0 unspecified atom stereocenters. The Morgan fingerprint density at radius 3 is 2.44 bits per heavy atom. The van der Waals surface area contributed by atoms with Gasteiger partial charge in [-0.2, -0.15) is 14.6 Å². The summed E-state index contributed by atoms with van der Waals surface area (Å²) in [7, 11) is 1.59. The molecule has 0 saturated heterocycles. The second-order valence-electron chi connectivity index (χ2n) is 11.1. The van der Waals surface area contributed by atoms with Crippen LogP contribution < -0.4 is 24.3 Å². The SMILES string of the molecule is C=CCOc1ccc(/C=C/c2nc3s/c(=C\c4cn(-c5ccccc5)nc4-c4ccc(OCc5ccc(Cl)cc5)cc4)c(=O)n3n2)cc1OC. The lowest BCUT2D eigenvalue weighted by atomic mass is 10.1. The van der Waals surface area contributed by atoms with Crippen molar-refractivity contribution in [3.63, 3.8) is 0 Å². The molecular weight excluding hydrogens is 670 g/mol. The molecule has 0 aliphatic heterocycles. The van der Waals surface area contributed by atoms with Crippen LogP contribution in [0.5, 0.6) is 17.2 Å². The third-order valence-electron chi connectivity index (χ3n) is 7.66. The minimum absolute atomic E-state index is 0.258. The van der Waals surface area contributed by atoms with E-state index in [0.29, 0.717) is 45.1 Å². The van der Waals surface area contributed by atoms with Gasteiger partial charge in [-0.15, -0.1) is 5.10 Å². The molecule has 9 nitrogen and oxygen atoms in total. The van der Waals surface area contributed by atoms with Crippen molar-refractivity contribution in [3.8, 4) is 34.2 Å². The molecule has 50 heavy (non-hydrogen) atoms. The summed E-state index contributed by atoms with van der Waals surface area (Å²) in [5.74, 6) is 2.37. The molecule has 0 saturated carbocycles. The van der Waals surface area contributed by atoms with Crippen LogP contribution in [0.1, 0.15) is 22.5 Å². The zero-order valence-electron chi connectivity index (χ0n) is 26.9. The molecule has 0 aliphatic carbocycles. The predicted molar refractivity (Wildman–Crippen MR) is 198 cm³/mol. The molecule has 7 rings (SSSR count). The molecule has 0 radical (unpaired) electrons. The van der Waals surface area contributed by atoms with Crippen LogP contribution in [0.15, 0.2) is 121 Å². The van der Waals surface area contributed by atoms with Crippen LogP contribution in [0.4, 0.5) is 0 Å². The van der Waals surface area contributed by atoms with E-state index >= 15 is 0 Å². The fourth-order valence-electron chi connectivity index (χ4n) is 5.17. The zero-order valence-corrected chi connectivity index (χ0v) is 28.5. The largest absolute Gasteiger partial charge is 0.493 e. The Hall–Kier alpha value is -5.97. The summed E-state index contributed by atoms with van der Waals surface area (Å²) in [6, 6.07) is 30.7. The maximum absolute atomic E-state index is 13.5. The van der Waals surface area contributed by atoms with Gasteiger partial charge in [-0.1, -0.05) is 78.1 Å². The van der Waals surface area contributed by atoms with Gasteiger partial charge in [0, 0.05) is 22.3 Å². The van der Waals surface area contributed by atoms with E-state index in [-0.39, 0.29) is 5.56 Å². The number of halogens is 1. The number of ether oxygens (including phenoxy) is 3. The molecule has 0 spiro atoms. The third-order valence-corrected chi connectivity index (χ3v) is 8.88. The number of methoxy groups -OCH3 is 1. The number of hydrogen-bond acceptors (Lipinski definition) is 8. The molecule has 7 aromatic rings. The van der Waals surface area contributed by atoms with Crippen LogP contribution in [0.25, 0.3) is 40.1 Å². The highest BCUT2D eigenvalue weighted by atomic mass is 35.5. The van der Waals surface area contributed by atoms with Crippen molar-refractivity contribution in [1.29, 1.82) is 0 Å². The van der Waals surface area contributed by atoms with Gasteiger partial charge in [0.2, 0.25) is 4.96 Å². The number of thiazole rings is 1. The van der Waals surface area contributed by atoms with Crippen LogP contribution in [-0.2, 0) is 6.61 Å². The van der Waals surface area contributed by atoms with Gasteiger partial charge in [-0.3, -0.25) is 4.79 Å². The molecule has 0 atom stereocenters. The number of para-hydroxylation sites is 1. The Balaban J connectivity index is 1.16. The van der Waals surface area contributed by atoms with Crippen LogP contribution in [0.2, 0.25) is 5.02 Å². The molecule has 4 aromatic carbocycles. The van der Waals surface area contributed by atoms with Crippen LogP contribution >= 0.6 is 22.9 Å². The standard InChI is InChI=1S/C39H30ClN5O4S/c1-3-21-48-33-19-11-26(22-34(33)47-2)12-20-36-41-39-45(42-36)38(46)35(50-39)23-29-24-44(31-7-5-4-6-8-31)43-37(29)28-13-17-32(18-14-28)49-25-27-9-15-30(40)16-10-27/h3-20,22-24H,1,21,25H2,2H3/b20-12+,35-23-. The smallest absolute Gasteiger partial charge is 0.291 e. The van der Waals surface area contributed by atoms with E-state index in [9.17, 15) is 4.79 Å². The maximum atomic E-state index is 13.5. The van der Waals surface area contributed by atoms with E-state index in [1.807, 2.05) is 120 Å². The normalized spacial score (nSPS) is 11.8. The van der Waals surface area contributed by atoms with Gasteiger partial charge < -0.3 is 14.2 Å². The Morgan fingerprint density at radius 2 is 1.70 bits per heavy atom. The van der Waals surface area contributed by atoms with Gasteiger partial charge in [-0.25, -0.2) is 4.68 Å². The number of nitrogens with zero attached hydrogens (tertiary/aromatic N) is 5. The Kier molecular flexibility index (Phi) is 9.54. The maximum Gasteiger partial charge on any atom is 0.291 e. The predicted octanol–water partition coefficient (Wildman–Crippen LogP) is 7.53. The third kappa shape index (κ3) is 7.21. The summed E-state index contributed by atoms with van der Waals surface area (Å²) in [5, 5.41) is 10.1. The number of benzene rings is 4. The van der Waals surface area contributed by atoms with Crippen molar-refractivity contribution in [2.45, 2.75) is 6.61 Å². The summed E-state index contributed by atoms with van der Waals surface area (Å²) < 4.78 is 20.7. The van der Waals surface area contributed by atoms with Crippen molar-refractivity contribution in [1.82, 2.24) is 24.4 Å². The Morgan fingerprint density at radius 1 is 0.900 bits per heavy atom. The molecule has 3 heterocycles. The minimum Gasteiger partial charge on any atom is -0.493 e. The van der Waals surface area contributed by atoms with Crippen molar-refractivity contribution in [2.24, 2.45) is 0 Å². The molecule has 11 heteroatoms. The van der Waals surface area contributed by atoms with Gasteiger partial charge in [-0.05, 0) is 83.9 Å². The van der Waals surface area contributed by atoms with Gasteiger partial charge >= 0.3 is 0 Å². The van der Waals surface area contributed by atoms with Crippen LogP contribution in [0.3, 0.4) is 0 Å². The molecule has 248 valence electrons. The lowest BCUT2D eigenvalue weighted by Crippen LogP contribution is -2.23. The first-order chi connectivity index (χ1) is 24.5. The van der Waals surface area contributed by atoms with Crippen molar-refractivity contribution >= 4 is 46.1 Å². The Bertz CT molecular complexity index is 2420. The highest BCUT2D eigenvalue weighted by Crippen LogP contribution is 2.29. The summed E-state index contributed by atoms with van der Waals surface area (Å²) >= 11 is 7.28. The fourth-order valence-corrected chi connectivity index (χ4v) is 6.21. The van der Waals surface area contributed by atoms with Crippen LogP contribution in [-0.4, -0.2) is 38.1 Å². The van der Waals surface area contributed by atoms with Gasteiger partial charge in [0.15, 0.2) is 17.3 Å². The zero-order chi connectivity index (χ0) is 34.5. The van der Waals surface area contributed by atoms with Crippen molar-refractivity contribution in [2.75, 3.05) is 13.7 Å². The Labute approximate surface area is 296 Å². The summed E-state index contributed by atoms with van der Waals surface area (Å²) in [6.07, 6.45) is 9.05. The van der Waals surface area contributed by atoms with E-state index in [2.05, 4.69) is 16.7 Å². The average Bonchev–Trinajstić information content (AvgIpc) is 3.84. The van der Waals surface area contributed by atoms with Crippen LogP contribution in [0, 0.1) is 0 Å². The first kappa shape index (κ1) is 32.6. The molecule has 0 aliphatic rings. The van der Waals surface area contributed by atoms with Gasteiger partial charge in [0.05, 0.1) is 17.3 Å². The van der Waals surface area contributed by atoms with E-state index < -0.39 is 0 Å². The first-order valence-electron chi connectivity index (χ1n) is 15.6. The lowest BCUT2D eigenvalue weighted by Gasteiger charge is -2.09. The lowest BCUT2D eigenvalue weighted by molar-refractivity contribution is 0.306. The number of aromatic nitrogens is 5. The number of rotatable bonds is 12. The fraction of sp³-hybridized carbons (Fsp3) is 0.0769. The van der Waals surface area contributed by atoms with Crippen molar-refractivity contribution < 1.29 is 14.2 Å². The van der Waals surface area contributed by atoms with Gasteiger partial charge in [0.25, 0.3) is 5.56 Å². The molecule has 0 N–H and O–H groups in total. The molecule has 0 amide bonds.